The standard InChI is InChI=1S/C23H19N3O3/c1-15(27)25-17-10-8-16(9-11-17)22-13-20(19-6-2-3-7-21(19)26-22)23(28)24-14-18-5-4-12-29-18/h2-13H,14H2,1H3,(H,24,28)(H,25,27). The van der Waals surface area contributed by atoms with Gasteiger partial charge in [0, 0.05) is 23.6 Å². The molecule has 0 aliphatic heterocycles. The molecule has 6 heteroatoms. The highest BCUT2D eigenvalue weighted by atomic mass is 16.3. The summed E-state index contributed by atoms with van der Waals surface area (Å²) < 4.78 is 5.28. The lowest BCUT2D eigenvalue weighted by Crippen LogP contribution is -2.23. The van der Waals surface area contributed by atoms with E-state index in [0.717, 1.165) is 16.5 Å². The van der Waals surface area contributed by atoms with E-state index < -0.39 is 0 Å². The first-order chi connectivity index (χ1) is 14.1. The predicted molar refractivity (Wildman–Crippen MR) is 111 cm³/mol. The summed E-state index contributed by atoms with van der Waals surface area (Å²) in [6.45, 7) is 1.77. The van der Waals surface area contributed by atoms with Gasteiger partial charge in [-0.15, -0.1) is 0 Å². The van der Waals surface area contributed by atoms with Crippen molar-refractivity contribution in [2.24, 2.45) is 0 Å². The average Bonchev–Trinajstić information content (AvgIpc) is 3.25. The quantitative estimate of drug-likeness (QED) is 0.534. The summed E-state index contributed by atoms with van der Waals surface area (Å²) in [5.74, 6) is 0.360. The number of hydrogen-bond donors (Lipinski definition) is 2. The van der Waals surface area contributed by atoms with Gasteiger partial charge in [-0.3, -0.25) is 9.59 Å². The van der Waals surface area contributed by atoms with Gasteiger partial charge >= 0.3 is 0 Å². The van der Waals surface area contributed by atoms with Crippen LogP contribution in [0, 0.1) is 0 Å². The predicted octanol–water partition coefficient (Wildman–Crippen LogP) is 4.38. The van der Waals surface area contributed by atoms with E-state index >= 15 is 0 Å². The van der Waals surface area contributed by atoms with E-state index in [0.29, 0.717) is 29.2 Å². The first kappa shape index (κ1) is 18.4. The lowest BCUT2D eigenvalue weighted by molar-refractivity contribution is -0.114. The highest BCUT2D eigenvalue weighted by molar-refractivity contribution is 6.07. The maximum Gasteiger partial charge on any atom is 0.252 e. The Balaban J connectivity index is 1.68. The normalized spacial score (nSPS) is 10.7. The average molecular weight is 385 g/mol. The van der Waals surface area contributed by atoms with Crippen LogP contribution in [0.1, 0.15) is 23.0 Å². The van der Waals surface area contributed by atoms with Crippen LogP contribution in [0.5, 0.6) is 0 Å². The summed E-state index contributed by atoms with van der Waals surface area (Å²) in [6.07, 6.45) is 1.58. The minimum atomic E-state index is -0.198. The molecule has 0 fully saturated rings. The van der Waals surface area contributed by atoms with Crippen molar-refractivity contribution in [2.45, 2.75) is 13.5 Å². The zero-order valence-corrected chi connectivity index (χ0v) is 15.8. The summed E-state index contributed by atoms with van der Waals surface area (Å²) in [4.78, 5) is 28.8. The van der Waals surface area contributed by atoms with Crippen LogP contribution in [0.25, 0.3) is 22.2 Å². The van der Waals surface area contributed by atoms with Crippen LogP contribution in [0.2, 0.25) is 0 Å². The molecule has 0 aliphatic carbocycles. The molecule has 6 nitrogen and oxygen atoms in total. The van der Waals surface area contributed by atoms with Crippen LogP contribution in [-0.2, 0) is 11.3 Å². The number of pyridine rings is 1. The molecule has 0 radical (unpaired) electrons. The molecule has 4 aromatic rings. The Morgan fingerprint density at radius 3 is 2.52 bits per heavy atom. The number of amides is 2. The van der Waals surface area contributed by atoms with E-state index in [2.05, 4.69) is 10.6 Å². The second-order valence-electron chi connectivity index (χ2n) is 6.59. The third kappa shape index (κ3) is 4.16. The van der Waals surface area contributed by atoms with Crippen molar-refractivity contribution >= 4 is 28.4 Å². The van der Waals surface area contributed by atoms with Gasteiger partial charge in [0.2, 0.25) is 5.91 Å². The van der Waals surface area contributed by atoms with Crippen molar-refractivity contribution in [1.82, 2.24) is 10.3 Å². The number of nitrogens with zero attached hydrogens (tertiary/aromatic N) is 1. The van der Waals surface area contributed by atoms with E-state index in [1.807, 2.05) is 54.6 Å². The second kappa shape index (κ2) is 7.98. The number of rotatable bonds is 5. The molecule has 0 aliphatic rings. The monoisotopic (exact) mass is 385 g/mol. The summed E-state index contributed by atoms with van der Waals surface area (Å²) in [7, 11) is 0. The van der Waals surface area contributed by atoms with E-state index in [9.17, 15) is 9.59 Å². The fraction of sp³-hybridized carbons (Fsp3) is 0.0870. The lowest BCUT2D eigenvalue weighted by Gasteiger charge is -2.11. The van der Waals surface area contributed by atoms with Gasteiger partial charge in [0.1, 0.15) is 5.76 Å². The first-order valence-corrected chi connectivity index (χ1v) is 9.18. The number of carbonyl (C=O) groups excluding carboxylic acids is 2. The van der Waals surface area contributed by atoms with Crippen molar-refractivity contribution in [2.75, 3.05) is 5.32 Å². The molecule has 144 valence electrons. The number of furan rings is 1. The summed E-state index contributed by atoms with van der Waals surface area (Å²) in [5.41, 5.74) is 3.52. The minimum absolute atomic E-state index is 0.128. The van der Waals surface area contributed by atoms with E-state index in [1.165, 1.54) is 6.92 Å². The highest BCUT2D eigenvalue weighted by Crippen LogP contribution is 2.26. The van der Waals surface area contributed by atoms with Gasteiger partial charge in [0.15, 0.2) is 0 Å². The van der Waals surface area contributed by atoms with Crippen LogP contribution in [-0.4, -0.2) is 16.8 Å². The molecule has 0 bridgehead atoms. The number of aromatic nitrogens is 1. The molecule has 2 N–H and O–H groups in total. The maximum atomic E-state index is 12.9. The molecular weight excluding hydrogens is 366 g/mol. The lowest BCUT2D eigenvalue weighted by atomic mass is 10.0. The van der Waals surface area contributed by atoms with Gasteiger partial charge in [-0.2, -0.15) is 0 Å². The highest BCUT2D eigenvalue weighted by Gasteiger charge is 2.14. The van der Waals surface area contributed by atoms with E-state index in [4.69, 9.17) is 9.40 Å². The first-order valence-electron chi connectivity index (χ1n) is 9.18. The van der Waals surface area contributed by atoms with Crippen LogP contribution in [0.4, 0.5) is 5.69 Å². The number of fused-ring (bicyclic) bond motifs is 1. The molecule has 0 spiro atoms. The second-order valence-corrected chi connectivity index (χ2v) is 6.59. The molecule has 0 atom stereocenters. The SMILES string of the molecule is CC(=O)Nc1ccc(-c2cc(C(=O)NCc3ccco3)c3ccccc3n2)cc1. The van der Waals surface area contributed by atoms with Crippen LogP contribution >= 0.6 is 0 Å². The Kier molecular flexibility index (Phi) is 5.07. The van der Waals surface area contributed by atoms with Crippen molar-refractivity contribution in [1.29, 1.82) is 0 Å². The van der Waals surface area contributed by atoms with E-state index in [-0.39, 0.29) is 11.8 Å². The van der Waals surface area contributed by atoms with Gasteiger partial charge in [-0.25, -0.2) is 4.98 Å². The van der Waals surface area contributed by atoms with Crippen molar-refractivity contribution in [3.05, 3.63) is 84.3 Å². The molecule has 0 saturated carbocycles. The van der Waals surface area contributed by atoms with Gasteiger partial charge < -0.3 is 15.1 Å². The fourth-order valence-electron chi connectivity index (χ4n) is 3.11. The van der Waals surface area contributed by atoms with Crippen LogP contribution in [0.15, 0.2) is 77.4 Å². The third-order valence-corrected chi connectivity index (χ3v) is 4.47. The minimum Gasteiger partial charge on any atom is -0.467 e. The number of carbonyl (C=O) groups is 2. The number of nitrogens with one attached hydrogen (secondary N) is 2. The topological polar surface area (TPSA) is 84.2 Å². The van der Waals surface area contributed by atoms with E-state index in [1.54, 1.807) is 18.4 Å². The molecular formula is C23H19N3O3. The smallest absolute Gasteiger partial charge is 0.252 e. The number of benzene rings is 2. The number of anilines is 1. The summed E-state index contributed by atoms with van der Waals surface area (Å²) in [6, 6.07) is 20.3. The molecule has 2 amide bonds. The van der Waals surface area contributed by atoms with Crippen molar-refractivity contribution < 1.29 is 14.0 Å². The molecule has 0 saturated heterocycles. The van der Waals surface area contributed by atoms with Crippen molar-refractivity contribution in [3.8, 4) is 11.3 Å². The molecule has 2 aromatic carbocycles. The Morgan fingerprint density at radius 1 is 1.00 bits per heavy atom. The molecule has 4 rings (SSSR count). The molecule has 29 heavy (non-hydrogen) atoms. The van der Waals surface area contributed by atoms with Gasteiger partial charge in [-0.05, 0) is 36.4 Å². The third-order valence-electron chi connectivity index (χ3n) is 4.47. The maximum absolute atomic E-state index is 12.9. The van der Waals surface area contributed by atoms with Crippen LogP contribution < -0.4 is 10.6 Å². The zero-order chi connectivity index (χ0) is 20.2. The summed E-state index contributed by atoms with van der Waals surface area (Å²) in [5, 5.41) is 6.42. The Hall–Kier alpha value is -3.93. The summed E-state index contributed by atoms with van der Waals surface area (Å²) >= 11 is 0. The number of para-hydroxylation sites is 1. The van der Waals surface area contributed by atoms with Gasteiger partial charge in [0.05, 0.1) is 29.6 Å². The molecule has 0 unspecified atom stereocenters. The number of hydrogen-bond acceptors (Lipinski definition) is 4. The largest absolute Gasteiger partial charge is 0.467 e. The molecule has 2 heterocycles. The Bertz CT molecular complexity index is 1170. The Labute approximate surface area is 167 Å². The zero-order valence-electron chi connectivity index (χ0n) is 15.8. The fourth-order valence-corrected chi connectivity index (χ4v) is 3.11. The van der Waals surface area contributed by atoms with Gasteiger partial charge in [0.25, 0.3) is 5.91 Å². The van der Waals surface area contributed by atoms with Gasteiger partial charge in [-0.1, -0.05) is 30.3 Å². The van der Waals surface area contributed by atoms with Crippen molar-refractivity contribution in [3.63, 3.8) is 0 Å². The Morgan fingerprint density at radius 2 is 1.79 bits per heavy atom. The molecule has 2 aromatic heterocycles. The van der Waals surface area contributed by atoms with Crippen LogP contribution in [0.3, 0.4) is 0 Å².